The van der Waals surface area contributed by atoms with Crippen LogP contribution in [-0.4, -0.2) is 10.8 Å². The van der Waals surface area contributed by atoms with Crippen LogP contribution in [0.5, 0.6) is 0 Å². The van der Waals surface area contributed by atoms with Crippen molar-refractivity contribution in [3.63, 3.8) is 0 Å². The van der Waals surface area contributed by atoms with Gasteiger partial charge in [0.1, 0.15) is 5.69 Å². The lowest BCUT2D eigenvalue weighted by Gasteiger charge is -2.14. The molecule has 1 aromatic heterocycles. The second kappa shape index (κ2) is 3.56. The fourth-order valence-electron chi connectivity index (χ4n) is 2.20. The van der Waals surface area contributed by atoms with Crippen molar-refractivity contribution in [3.05, 3.63) is 40.5 Å². The Kier molecular flexibility index (Phi) is 2.18. The van der Waals surface area contributed by atoms with Crippen molar-refractivity contribution in [2.75, 3.05) is 0 Å². The number of rotatable bonds is 0. The van der Waals surface area contributed by atoms with Crippen LogP contribution in [0.25, 0.3) is 10.9 Å². The second-order valence-corrected chi connectivity index (χ2v) is 4.49. The molecule has 2 aromatic rings. The van der Waals surface area contributed by atoms with Crippen LogP contribution in [0.2, 0.25) is 5.02 Å². The van der Waals surface area contributed by atoms with Crippen LogP contribution in [0.15, 0.2) is 24.3 Å². The zero-order valence-electron chi connectivity index (χ0n) is 8.66. The molecule has 1 heterocycles. The van der Waals surface area contributed by atoms with Crippen LogP contribution in [0.3, 0.4) is 0 Å². The average molecular weight is 232 g/mol. The third-order valence-electron chi connectivity index (χ3n) is 2.99. The molecule has 0 spiro atoms. The summed E-state index contributed by atoms with van der Waals surface area (Å²) < 4.78 is 0. The molecule has 0 bridgehead atoms. The Morgan fingerprint density at radius 2 is 2.12 bits per heavy atom. The van der Waals surface area contributed by atoms with Crippen LogP contribution in [0, 0.1) is 0 Å². The Balaban J connectivity index is 2.35. The Morgan fingerprint density at radius 1 is 1.25 bits per heavy atom. The Labute approximate surface area is 98.3 Å². The maximum Gasteiger partial charge on any atom is 0.181 e. The predicted molar refractivity (Wildman–Crippen MR) is 64.0 cm³/mol. The molecule has 0 aliphatic heterocycles. The summed E-state index contributed by atoms with van der Waals surface area (Å²) in [6.07, 6.45) is 2.48. The molecule has 2 nitrogen and oxygen atoms in total. The monoisotopic (exact) mass is 231 g/mol. The van der Waals surface area contributed by atoms with Crippen molar-refractivity contribution in [2.24, 2.45) is 0 Å². The van der Waals surface area contributed by atoms with E-state index >= 15 is 0 Å². The van der Waals surface area contributed by atoms with Gasteiger partial charge >= 0.3 is 0 Å². The number of carbonyl (C=O) groups is 1. The lowest BCUT2D eigenvalue weighted by atomic mass is 9.94. The van der Waals surface area contributed by atoms with Gasteiger partial charge in [0.25, 0.3) is 0 Å². The fraction of sp³-hybridized carbons (Fsp3) is 0.231. The summed E-state index contributed by atoms with van der Waals surface area (Å²) in [5.74, 6) is 0.142. The van der Waals surface area contributed by atoms with Gasteiger partial charge < -0.3 is 0 Å². The minimum atomic E-state index is 0.142. The summed E-state index contributed by atoms with van der Waals surface area (Å²) in [5, 5.41) is 1.62. The van der Waals surface area contributed by atoms with Crippen LogP contribution in [-0.2, 0) is 6.42 Å². The summed E-state index contributed by atoms with van der Waals surface area (Å²) in [6, 6.07) is 7.73. The number of aromatic nitrogens is 1. The average Bonchev–Trinajstić information content (AvgIpc) is 2.28. The van der Waals surface area contributed by atoms with E-state index in [4.69, 9.17) is 11.6 Å². The first-order chi connectivity index (χ1) is 7.75. The fourth-order valence-corrected chi connectivity index (χ4v) is 2.42. The largest absolute Gasteiger partial charge is 0.292 e. The molecular weight excluding hydrogens is 222 g/mol. The molecule has 0 amide bonds. The van der Waals surface area contributed by atoms with Gasteiger partial charge in [-0.15, -0.1) is 0 Å². The van der Waals surface area contributed by atoms with E-state index in [0.29, 0.717) is 17.1 Å². The molecule has 0 saturated carbocycles. The van der Waals surface area contributed by atoms with E-state index in [-0.39, 0.29) is 5.78 Å². The molecule has 16 heavy (non-hydrogen) atoms. The molecule has 3 heteroatoms. The van der Waals surface area contributed by atoms with Gasteiger partial charge in [0, 0.05) is 11.8 Å². The number of fused-ring (bicyclic) bond motifs is 2. The summed E-state index contributed by atoms with van der Waals surface area (Å²) >= 11 is 6.07. The highest BCUT2D eigenvalue weighted by molar-refractivity contribution is 6.35. The van der Waals surface area contributed by atoms with E-state index in [9.17, 15) is 4.79 Å². The molecule has 1 aromatic carbocycles. The molecule has 3 rings (SSSR count). The van der Waals surface area contributed by atoms with Gasteiger partial charge in [-0.05, 0) is 30.5 Å². The highest BCUT2D eigenvalue weighted by Gasteiger charge is 2.19. The van der Waals surface area contributed by atoms with Crippen molar-refractivity contribution in [3.8, 4) is 0 Å². The quantitative estimate of drug-likeness (QED) is 0.696. The van der Waals surface area contributed by atoms with Crippen LogP contribution >= 0.6 is 11.6 Å². The van der Waals surface area contributed by atoms with E-state index in [1.807, 2.05) is 18.2 Å². The third-order valence-corrected chi connectivity index (χ3v) is 3.29. The summed E-state index contributed by atoms with van der Waals surface area (Å²) in [5.41, 5.74) is 2.41. The van der Waals surface area contributed by atoms with Gasteiger partial charge in [0.2, 0.25) is 0 Å². The number of aryl methyl sites for hydroxylation is 1. The molecule has 1 aliphatic carbocycles. The van der Waals surface area contributed by atoms with Crippen molar-refractivity contribution in [2.45, 2.75) is 19.3 Å². The first-order valence-electron chi connectivity index (χ1n) is 5.37. The summed E-state index contributed by atoms with van der Waals surface area (Å²) in [4.78, 5) is 16.1. The van der Waals surface area contributed by atoms with E-state index in [1.165, 1.54) is 0 Å². The third kappa shape index (κ3) is 1.41. The molecular formula is C13H10ClNO. The molecule has 0 fully saturated rings. The molecule has 0 N–H and O–H groups in total. The standard InChI is InChI=1S/C13H10ClNO/c14-10-5-1-3-8-7-9-4-2-6-11(16)13(9)15-12(8)10/h1,3,5,7H,2,4,6H2. The predicted octanol–water partition coefficient (Wildman–Crippen LogP) is 3.41. The van der Waals surface area contributed by atoms with E-state index in [0.717, 1.165) is 29.3 Å². The zero-order valence-corrected chi connectivity index (χ0v) is 9.42. The maximum atomic E-state index is 11.7. The van der Waals surface area contributed by atoms with Crippen molar-refractivity contribution in [1.82, 2.24) is 4.98 Å². The van der Waals surface area contributed by atoms with E-state index < -0.39 is 0 Å². The molecule has 0 saturated heterocycles. The number of nitrogens with zero attached hydrogens (tertiary/aromatic N) is 1. The summed E-state index contributed by atoms with van der Waals surface area (Å²) in [7, 11) is 0. The smallest absolute Gasteiger partial charge is 0.181 e. The lowest BCUT2D eigenvalue weighted by molar-refractivity contribution is 0.0967. The topological polar surface area (TPSA) is 30.0 Å². The van der Waals surface area contributed by atoms with Gasteiger partial charge in [-0.1, -0.05) is 23.7 Å². The van der Waals surface area contributed by atoms with Crippen LogP contribution < -0.4 is 0 Å². The number of halogens is 1. The van der Waals surface area contributed by atoms with E-state index in [1.54, 1.807) is 6.07 Å². The van der Waals surface area contributed by atoms with Crippen molar-refractivity contribution >= 4 is 28.3 Å². The van der Waals surface area contributed by atoms with Crippen LogP contribution in [0.4, 0.5) is 0 Å². The number of pyridine rings is 1. The van der Waals surface area contributed by atoms with Gasteiger partial charge in [-0.25, -0.2) is 4.98 Å². The van der Waals surface area contributed by atoms with Gasteiger partial charge in [0.15, 0.2) is 5.78 Å². The zero-order chi connectivity index (χ0) is 11.1. The van der Waals surface area contributed by atoms with Gasteiger partial charge in [-0.3, -0.25) is 4.79 Å². The highest BCUT2D eigenvalue weighted by atomic mass is 35.5. The highest BCUT2D eigenvalue weighted by Crippen LogP contribution is 2.27. The van der Waals surface area contributed by atoms with Crippen molar-refractivity contribution in [1.29, 1.82) is 0 Å². The first-order valence-corrected chi connectivity index (χ1v) is 5.75. The van der Waals surface area contributed by atoms with Crippen LogP contribution in [0.1, 0.15) is 28.9 Å². The number of carbonyl (C=O) groups excluding carboxylic acids is 1. The number of para-hydroxylation sites is 1. The number of Topliss-reactive ketones (excluding diaryl/α,β-unsaturated/α-hetero) is 1. The SMILES string of the molecule is O=C1CCCc2cc3cccc(Cl)c3nc21. The lowest BCUT2D eigenvalue weighted by Crippen LogP contribution is -2.13. The normalized spacial score (nSPS) is 15.2. The molecule has 0 atom stereocenters. The minimum Gasteiger partial charge on any atom is -0.292 e. The minimum absolute atomic E-state index is 0.142. The maximum absolute atomic E-state index is 11.7. The first kappa shape index (κ1) is 9.79. The van der Waals surface area contributed by atoms with Gasteiger partial charge in [-0.2, -0.15) is 0 Å². The number of ketones is 1. The number of benzene rings is 1. The molecule has 0 radical (unpaired) electrons. The van der Waals surface area contributed by atoms with Crippen molar-refractivity contribution < 1.29 is 4.79 Å². The second-order valence-electron chi connectivity index (χ2n) is 4.08. The molecule has 1 aliphatic rings. The van der Waals surface area contributed by atoms with E-state index in [2.05, 4.69) is 4.98 Å². The number of hydrogen-bond acceptors (Lipinski definition) is 2. The summed E-state index contributed by atoms with van der Waals surface area (Å²) in [6.45, 7) is 0. The Hall–Kier alpha value is -1.41. The molecule has 80 valence electrons. The molecule has 0 unspecified atom stereocenters. The Morgan fingerprint density at radius 3 is 3.00 bits per heavy atom. The Bertz CT molecular complexity index is 592. The van der Waals surface area contributed by atoms with Gasteiger partial charge in [0.05, 0.1) is 10.5 Å². The number of hydrogen-bond donors (Lipinski definition) is 0.